The van der Waals surface area contributed by atoms with Crippen molar-refractivity contribution in [1.29, 1.82) is 0 Å². The van der Waals surface area contributed by atoms with E-state index in [0.717, 1.165) is 18.0 Å². The highest BCUT2D eigenvalue weighted by Crippen LogP contribution is 2.12. The van der Waals surface area contributed by atoms with Crippen LogP contribution in [-0.2, 0) is 0 Å². The lowest BCUT2D eigenvalue weighted by molar-refractivity contribution is 0.556. The van der Waals surface area contributed by atoms with E-state index in [0.29, 0.717) is 0 Å². The van der Waals surface area contributed by atoms with Gasteiger partial charge in [-0.15, -0.1) is 6.58 Å². The molecule has 0 saturated carbocycles. The van der Waals surface area contributed by atoms with E-state index >= 15 is 0 Å². The molecule has 0 aliphatic carbocycles. The molecule has 0 aliphatic heterocycles. The third kappa shape index (κ3) is 74.7. The summed E-state index contributed by atoms with van der Waals surface area (Å²) in [6, 6.07) is 0. The first-order chi connectivity index (χ1) is 13.8. The molecule has 0 aromatic heterocycles. The molecule has 29 heavy (non-hydrogen) atoms. The molecular formula is C28H63N. The molecule has 0 fully saturated rings. The molecule has 0 atom stereocenters. The maximum absolute atomic E-state index is 5.10. The Labute approximate surface area is 189 Å². The summed E-state index contributed by atoms with van der Waals surface area (Å²) >= 11 is 0. The zero-order chi connectivity index (χ0) is 23.9. The lowest BCUT2D eigenvalue weighted by atomic mass is 10.0. The fraction of sp³-hybridized carbons (Fsp3) is 0.857. The molecule has 0 aliphatic rings. The summed E-state index contributed by atoms with van der Waals surface area (Å²) in [6.07, 6.45) is 17.7. The molecule has 0 unspecified atom stereocenters. The molecule has 1 heteroatoms. The van der Waals surface area contributed by atoms with Gasteiger partial charge < -0.3 is 5.73 Å². The molecule has 0 aromatic carbocycles. The average molecular weight is 414 g/mol. The van der Waals surface area contributed by atoms with Gasteiger partial charge in [0.05, 0.1) is 0 Å². The average Bonchev–Trinajstić information content (AvgIpc) is 2.73. The predicted molar refractivity (Wildman–Crippen MR) is 143 cm³/mol. The zero-order valence-corrected chi connectivity index (χ0v) is 22.8. The van der Waals surface area contributed by atoms with Gasteiger partial charge in [-0.1, -0.05) is 139 Å². The van der Waals surface area contributed by atoms with E-state index in [4.69, 9.17) is 5.73 Å². The number of rotatable bonds is 13. The Morgan fingerprint density at radius 3 is 1.17 bits per heavy atom. The maximum atomic E-state index is 5.10. The first kappa shape index (κ1) is 38.8. The number of nitrogens with two attached hydrogens (primary N) is 1. The second-order valence-electron chi connectivity index (χ2n) is 7.70. The van der Waals surface area contributed by atoms with Gasteiger partial charge in [-0.3, -0.25) is 0 Å². The highest BCUT2D eigenvalue weighted by molar-refractivity contribution is 4.86. The van der Waals surface area contributed by atoms with Gasteiger partial charge in [0.25, 0.3) is 0 Å². The first-order valence-electron chi connectivity index (χ1n) is 12.9. The largest absolute Gasteiger partial charge is 0.403 e. The third-order valence-electron chi connectivity index (χ3n) is 4.23. The Morgan fingerprint density at radius 1 is 0.690 bits per heavy atom. The van der Waals surface area contributed by atoms with Crippen LogP contribution in [0.1, 0.15) is 153 Å². The van der Waals surface area contributed by atoms with Crippen molar-refractivity contribution in [2.75, 3.05) is 0 Å². The van der Waals surface area contributed by atoms with E-state index in [1.807, 2.05) is 34.6 Å². The van der Waals surface area contributed by atoms with Gasteiger partial charge in [0.1, 0.15) is 0 Å². The lowest BCUT2D eigenvalue weighted by Gasteiger charge is -2.02. The number of unbranched alkanes of at least 4 members (excludes halogenated alkanes) is 9. The lowest BCUT2D eigenvalue weighted by Crippen LogP contribution is -1.89. The molecule has 0 amide bonds. The second kappa shape index (κ2) is 41.6. The van der Waals surface area contributed by atoms with Gasteiger partial charge in [0, 0.05) is 5.70 Å². The highest BCUT2D eigenvalue weighted by Gasteiger charge is 1.92. The maximum Gasteiger partial charge on any atom is 0.000466 e. The molecule has 0 aromatic rings. The van der Waals surface area contributed by atoms with Crippen molar-refractivity contribution in [2.45, 2.75) is 153 Å². The van der Waals surface area contributed by atoms with E-state index in [2.05, 4.69) is 47.8 Å². The summed E-state index contributed by atoms with van der Waals surface area (Å²) in [7, 11) is 0. The Bertz CT molecular complexity index is 265. The first-order valence-corrected chi connectivity index (χ1v) is 12.9. The van der Waals surface area contributed by atoms with Crippen molar-refractivity contribution >= 4 is 0 Å². The molecule has 0 spiro atoms. The Balaban J connectivity index is -0.000000113. The SMILES string of the molecule is C=C(C)CCCCCCCCCCCC.C=C(N)CC.CC.CC.CCC(C)C. The van der Waals surface area contributed by atoms with Crippen molar-refractivity contribution in [3.05, 3.63) is 24.4 Å². The second-order valence-corrected chi connectivity index (χ2v) is 7.70. The van der Waals surface area contributed by atoms with E-state index in [1.54, 1.807) is 0 Å². The van der Waals surface area contributed by atoms with E-state index < -0.39 is 0 Å². The van der Waals surface area contributed by atoms with Crippen LogP contribution in [0.15, 0.2) is 24.4 Å². The van der Waals surface area contributed by atoms with Crippen LogP contribution in [0.4, 0.5) is 0 Å². The number of allylic oxidation sites excluding steroid dienone is 2. The molecule has 0 heterocycles. The quantitative estimate of drug-likeness (QED) is 0.236. The summed E-state index contributed by atoms with van der Waals surface area (Å²) < 4.78 is 0. The van der Waals surface area contributed by atoms with Crippen molar-refractivity contribution in [3.63, 3.8) is 0 Å². The molecule has 0 rings (SSSR count). The van der Waals surface area contributed by atoms with Gasteiger partial charge in [-0.05, 0) is 32.1 Å². The van der Waals surface area contributed by atoms with E-state index in [9.17, 15) is 0 Å². The minimum Gasteiger partial charge on any atom is -0.403 e. The zero-order valence-electron chi connectivity index (χ0n) is 22.8. The van der Waals surface area contributed by atoms with Crippen molar-refractivity contribution in [3.8, 4) is 0 Å². The smallest absolute Gasteiger partial charge is 0.000466 e. The normalized spacial score (nSPS) is 8.79. The van der Waals surface area contributed by atoms with Crippen molar-refractivity contribution in [2.24, 2.45) is 11.7 Å². The van der Waals surface area contributed by atoms with Crippen LogP contribution in [0.5, 0.6) is 0 Å². The van der Waals surface area contributed by atoms with Gasteiger partial charge in [0.15, 0.2) is 0 Å². The Kier molecular flexibility index (Phi) is 55.7. The molecule has 0 radical (unpaired) electrons. The standard InChI is InChI=1S/C15H30.C5H12.C4H9N.2C2H6/c1-4-5-6-7-8-9-10-11-12-13-14-15(2)3;1-4-5(2)3;1-3-4(2)5;2*1-2/h2,4-14H2,1,3H3;5H,4H2,1-3H3;2-3,5H2,1H3;2*1-2H3. The van der Waals surface area contributed by atoms with Crippen molar-refractivity contribution < 1.29 is 0 Å². The van der Waals surface area contributed by atoms with Gasteiger partial charge in [-0.25, -0.2) is 0 Å². The van der Waals surface area contributed by atoms with Crippen LogP contribution in [0.2, 0.25) is 0 Å². The van der Waals surface area contributed by atoms with Gasteiger partial charge >= 0.3 is 0 Å². The minimum atomic E-state index is 0.755. The number of hydrogen-bond acceptors (Lipinski definition) is 1. The molecule has 1 nitrogen and oxygen atoms in total. The number of hydrogen-bond donors (Lipinski definition) is 1. The van der Waals surface area contributed by atoms with Crippen LogP contribution in [0.3, 0.4) is 0 Å². The van der Waals surface area contributed by atoms with Crippen molar-refractivity contribution in [1.82, 2.24) is 0 Å². The summed E-state index contributed by atoms with van der Waals surface area (Å²) in [5, 5.41) is 0. The predicted octanol–water partition coefficient (Wildman–Crippen LogP) is 10.8. The van der Waals surface area contributed by atoms with Crippen LogP contribution >= 0.6 is 0 Å². The molecule has 0 saturated heterocycles. The van der Waals surface area contributed by atoms with Crippen LogP contribution < -0.4 is 5.73 Å². The van der Waals surface area contributed by atoms with Crippen LogP contribution in [-0.4, -0.2) is 0 Å². The molecule has 0 bridgehead atoms. The highest BCUT2D eigenvalue weighted by atomic mass is 14.5. The fourth-order valence-corrected chi connectivity index (χ4v) is 1.91. The third-order valence-corrected chi connectivity index (χ3v) is 4.23. The summed E-state index contributed by atoms with van der Waals surface area (Å²) in [5.74, 6) is 0.884. The Morgan fingerprint density at radius 2 is 0.966 bits per heavy atom. The van der Waals surface area contributed by atoms with Crippen LogP contribution in [0, 0.1) is 5.92 Å². The van der Waals surface area contributed by atoms with E-state index in [-0.39, 0.29) is 0 Å². The van der Waals surface area contributed by atoms with Gasteiger partial charge in [-0.2, -0.15) is 0 Å². The topological polar surface area (TPSA) is 26.0 Å². The molecule has 180 valence electrons. The fourth-order valence-electron chi connectivity index (χ4n) is 1.91. The van der Waals surface area contributed by atoms with Gasteiger partial charge in [0.2, 0.25) is 0 Å². The monoisotopic (exact) mass is 413 g/mol. The summed E-state index contributed by atoms with van der Waals surface area (Å²) in [5.41, 5.74) is 7.19. The molecule has 2 N–H and O–H groups in total. The Hall–Kier alpha value is -0.720. The molecular weight excluding hydrogens is 350 g/mol. The van der Waals surface area contributed by atoms with E-state index in [1.165, 1.54) is 82.6 Å². The summed E-state index contributed by atoms with van der Waals surface area (Å²) in [4.78, 5) is 0. The van der Waals surface area contributed by atoms with Crippen LogP contribution in [0.25, 0.3) is 0 Å². The summed E-state index contributed by atoms with van der Waals surface area (Å²) in [6.45, 7) is 28.4. The minimum absolute atomic E-state index is 0.755.